The van der Waals surface area contributed by atoms with Crippen LogP contribution in [-0.4, -0.2) is 38.7 Å². The number of nitrogens with zero attached hydrogens (tertiary/aromatic N) is 3. The van der Waals surface area contributed by atoms with E-state index in [0.717, 1.165) is 43.4 Å². The molecule has 1 unspecified atom stereocenters. The maximum atomic E-state index is 13.0. The molecule has 1 saturated heterocycles. The summed E-state index contributed by atoms with van der Waals surface area (Å²) in [7, 11) is 0. The van der Waals surface area contributed by atoms with Gasteiger partial charge in [-0.2, -0.15) is 5.10 Å². The van der Waals surface area contributed by atoms with Crippen molar-refractivity contribution in [2.75, 3.05) is 13.1 Å². The van der Waals surface area contributed by atoms with Gasteiger partial charge in [-0.1, -0.05) is 11.6 Å². The van der Waals surface area contributed by atoms with E-state index in [9.17, 15) is 9.59 Å². The third kappa shape index (κ3) is 2.68. The van der Waals surface area contributed by atoms with Crippen LogP contribution in [0.15, 0.2) is 27.4 Å². The van der Waals surface area contributed by atoms with Gasteiger partial charge in [-0.05, 0) is 50.3 Å². The fourth-order valence-corrected chi connectivity index (χ4v) is 4.51. The molecule has 8 heteroatoms. The molecule has 1 N–H and O–H groups in total. The number of hydrogen-bond acceptors (Lipinski definition) is 4. The Hall–Kier alpha value is -2.54. The summed E-state index contributed by atoms with van der Waals surface area (Å²) in [6, 6.07) is 5.01. The summed E-state index contributed by atoms with van der Waals surface area (Å²) in [6.07, 6.45) is 4.54. The van der Waals surface area contributed by atoms with Gasteiger partial charge in [0.25, 0.3) is 5.91 Å². The largest absolute Gasteiger partial charge is 0.420 e. The summed E-state index contributed by atoms with van der Waals surface area (Å²) in [4.78, 5) is 27.3. The molecule has 0 bridgehead atoms. The van der Waals surface area contributed by atoms with E-state index in [0.29, 0.717) is 34.9 Å². The van der Waals surface area contributed by atoms with E-state index in [2.05, 4.69) is 10.2 Å². The number of hydrogen-bond donors (Lipinski definition) is 1. The first-order chi connectivity index (χ1) is 13.1. The first kappa shape index (κ1) is 16.6. The molecule has 5 rings (SSSR count). The Kier molecular flexibility index (Phi) is 3.86. The molecule has 3 aromatic rings. The van der Waals surface area contributed by atoms with Crippen molar-refractivity contribution in [2.45, 2.75) is 38.1 Å². The molecule has 2 aliphatic rings. The third-order valence-electron chi connectivity index (χ3n) is 5.63. The lowest BCUT2D eigenvalue weighted by Gasteiger charge is -2.32. The lowest BCUT2D eigenvalue weighted by atomic mass is 10.0. The minimum atomic E-state index is -0.410. The monoisotopic (exact) mass is 386 g/mol. The lowest BCUT2D eigenvalue weighted by molar-refractivity contribution is 0.0670. The summed E-state index contributed by atoms with van der Waals surface area (Å²) in [5.74, 6) is -0.467. The SMILES string of the molecule is O=C(c1n[nH]c2c1CCC2)N1CCCC(n2c(=O)oc3ccc(Cl)cc32)C1. The number of carbonyl (C=O) groups is 1. The Morgan fingerprint density at radius 1 is 1.30 bits per heavy atom. The average Bonchev–Trinajstić information content (AvgIpc) is 3.34. The zero-order valence-corrected chi connectivity index (χ0v) is 15.5. The molecule has 3 heterocycles. The summed E-state index contributed by atoms with van der Waals surface area (Å²) in [5.41, 5.74) is 3.86. The molecule has 140 valence electrons. The number of aromatic nitrogens is 3. The number of amides is 1. The molecule has 1 aliphatic heterocycles. The molecular weight excluding hydrogens is 368 g/mol. The summed E-state index contributed by atoms with van der Waals surface area (Å²) in [6.45, 7) is 1.13. The Morgan fingerprint density at radius 3 is 3.07 bits per heavy atom. The van der Waals surface area contributed by atoms with E-state index in [1.807, 2.05) is 0 Å². The van der Waals surface area contributed by atoms with Gasteiger partial charge in [-0.15, -0.1) is 0 Å². The topological polar surface area (TPSA) is 84.1 Å². The zero-order chi connectivity index (χ0) is 18.5. The molecule has 1 fully saturated rings. The third-order valence-corrected chi connectivity index (χ3v) is 5.87. The van der Waals surface area contributed by atoms with Gasteiger partial charge in [0.15, 0.2) is 11.3 Å². The maximum absolute atomic E-state index is 13.0. The van der Waals surface area contributed by atoms with Gasteiger partial charge in [0.2, 0.25) is 0 Å². The van der Waals surface area contributed by atoms with Gasteiger partial charge in [0.05, 0.1) is 11.6 Å². The van der Waals surface area contributed by atoms with Crippen molar-refractivity contribution in [3.8, 4) is 0 Å². The maximum Gasteiger partial charge on any atom is 0.420 e. The predicted molar refractivity (Wildman–Crippen MR) is 100 cm³/mol. The number of nitrogens with one attached hydrogen (secondary N) is 1. The number of benzene rings is 1. The zero-order valence-electron chi connectivity index (χ0n) is 14.7. The second kappa shape index (κ2) is 6.27. The van der Waals surface area contributed by atoms with Gasteiger partial charge >= 0.3 is 5.76 Å². The molecule has 0 radical (unpaired) electrons. The van der Waals surface area contributed by atoms with Gasteiger partial charge in [-0.25, -0.2) is 4.79 Å². The fourth-order valence-electron chi connectivity index (χ4n) is 4.35. The second-order valence-corrected chi connectivity index (χ2v) is 7.72. The molecule has 7 nitrogen and oxygen atoms in total. The number of likely N-dealkylation sites (tertiary alicyclic amines) is 1. The number of carbonyl (C=O) groups excluding carboxylic acids is 1. The van der Waals surface area contributed by atoms with E-state index in [4.69, 9.17) is 16.0 Å². The number of oxazole rings is 1. The molecule has 0 spiro atoms. The highest BCUT2D eigenvalue weighted by Gasteiger charge is 2.31. The van der Waals surface area contributed by atoms with Crippen LogP contribution in [0.2, 0.25) is 5.02 Å². The van der Waals surface area contributed by atoms with Gasteiger partial charge < -0.3 is 9.32 Å². The number of fused-ring (bicyclic) bond motifs is 2. The van der Waals surface area contributed by atoms with Crippen LogP contribution in [0.5, 0.6) is 0 Å². The molecule has 0 saturated carbocycles. The number of halogens is 1. The van der Waals surface area contributed by atoms with Crippen molar-refractivity contribution < 1.29 is 9.21 Å². The van der Waals surface area contributed by atoms with E-state index < -0.39 is 5.76 Å². The highest BCUT2D eigenvalue weighted by Crippen LogP contribution is 2.29. The summed E-state index contributed by atoms with van der Waals surface area (Å²) >= 11 is 6.11. The smallest absolute Gasteiger partial charge is 0.408 e. The van der Waals surface area contributed by atoms with Crippen molar-refractivity contribution in [3.05, 3.63) is 50.7 Å². The number of piperidine rings is 1. The molecule has 1 atom stereocenters. The van der Waals surface area contributed by atoms with Crippen molar-refractivity contribution in [3.63, 3.8) is 0 Å². The quantitative estimate of drug-likeness (QED) is 0.733. The van der Waals surface area contributed by atoms with Crippen LogP contribution < -0.4 is 5.76 Å². The van der Waals surface area contributed by atoms with Crippen LogP contribution in [0, 0.1) is 0 Å². The molecule has 1 amide bonds. The molecule has 27 heavy (non-hydrogen) atoms. The number of rotatable bonds is 2. The molecule has 1 aliphatic carbocycles. The van der Waals surface area contributed by atoms with Crippen LogP contribution in [0.1, 0.15) is 47.1 Å². The van der Waals surface area contributed by atoms with Crippen LogP contribution in [0.3, 0.4) is 0 Å². The van der Waals surface area contributed by atoms with Crippen LogP contribution in [-0.2, 0) is 12.8 Å². The summed E-state index contributed by atoms with van der Waals surface area (Å²) in [5, 5.41) is 7.81. The van der Waals surface area contributed by atoms with Gasteiger partial charge in [0.1, 0.15) is 0 Å². The van der Waals surface area contributed by atoms with Gasteiger partial charge in [0, 0.05) is 29.4 Å². The summed E-state index contributed by atoms with van der Waals surface area (Å²) < 4.78 is 7.00. The van der Waals surface area contributed by atoms with E-state index in [1.165, 1.54) is 0 Å². The van der Waals surface area contributed by atoms with Crippen LogP contribution in [0.25, 0.3) is 11.1 Å². The Morgan fingerprint density at radius 2 is 2.19 bits per heavy atom. The average molecular weight is 387 g/mol. The highest BCUT2D eigenvalue weighted by molar-refractivity contribution is 6.31. The fraction of sp³-hybridized carbons (Fsp3) is 0.421. The van der Waals surface area contributed by atoms with Crippen LogP contribution >= 0.6 is 11.6 Å². The first-order valence-corrected chi connectivity index (χ1v) is 9.65. The van der Waals surface area contributed by atoms with Crippen molar-refractivity contribution in [1.82, 2.24) is 19.7 Å². The van der Waals surface area contributed by atoms with Crippen molar-refractivity contribution >= 4 is 28.6 Å². The molecular formula is C19H19ClN4O3. The van der Waals surface area contributed by atoms with Crippen LogP contribution in [0.4, 0.5) is 0 Å². The molecule has 2 aromatic heterocycles. The Bertz CT molecular complexity index is 1100. The van der Waals surface area contributed by atoms with Crippen molar-refractivity contribution in [2.24, 2.45) is 0 Å². The lowest BCUT2D eigenvalue weighted by Crippen LogP contribution is -2.42. The van der Waals surface area contributed by atoms with E-state index in [1.54, 1.807) is 27.7 Å². The number of H-pyrrole nitrogens is 1. The predicted octanol–water partition coefficient (Wildman–Crippen LogP) is 2.94. The van der Waals surface area contributed by atoms with E-state index in [-0.39, 0.29) is 11.9 Å². The first-order valence-electron chi connectivity index (χ1n) is 9.28. The second-order valence-electron chi connectivity index (χ2n) is 7.28. The molecule has 1 aromatic carbocycles. The normalized spacial score (nSPS) is 19.6. The van der Waals surface area contributed by atoms with E-state index >= 15 is 0 Å². The van der Waals surface area contributed by atoms with Crippen molar-refractivity contribution in [1.29, 1.82) is 0 Å². The standard InChI is InChI=1S/C19H19ClN4O3/c20-11-6-7-16-15(9-11)24(19(26)27-16)12-3-2-8-23(10-12)18(25)17-13-4-1-5-14(13)21-22-17/h6-7,9,12H,1-5,8,10H2,(H,21,22). The van der Waals surface area contributed by atoms with Gasteiger partial charge in [-0.3, -0.25) is 14.5 Å². The Labute approximate surface area is 159 Å². The minimum absolute atomic E-state index is 0.0574. The highest BCUT2D eigenvalue weighted by atomic mass is 35.5. The minimum Gasteiger partial charge on any atom is -0.408 e. The number of aromatic amines is 1. The Balaban J connectivity index is 1.46. The number of aryl methyl sites for hydroxylation is 1.